The monoisotopic (exact) mass is 390 g/mol. The first kappa shape index (κ1) is 20.1. The highest BCUT2D eigenvalue weighted by Gasteiger charge is 2.25. The molecule has 0 saturated carbocycles. The van der Waals surface area contributed by atoms with Gasteiger partial charge >= 0.3 is 0 Å². The van der Waals surface area contributed by atoms with Crippen LogP contribution in [0.5, 0.6) is 0 Å². The van der Waals surface area contributed by atoms with Crippen LogP contribution in [0.15, 0.2) is 48.5 Å². The Balaban J connectivity index is 1.65. The second-order valence-electron chi connectivity index (χ2n) is 8.61. The Hall–Kier alpha value is -2.17. The summed E-state index contributed by atoms with van der Waals surface area (Å²) in [6.45, 7) is 12.2. The average molecular weight is 391 g/mol. The van der Waals surface area contributed by atoms with Gasteiger partial charge in [0.25, 0.3) is 0 Å². The summed E-state index contributed by atoms with van der Waals surface area (Å²) in [5.41, 5.74) is 5.10. The van der Waals surface area contributed by atoms with Gasteiger partial charge in [-0.1, -0.05) is 50.2 Å². The molecule has 4 nitrogen and oxygen atoms in total. The summed E-state index contributed by atoms with van der Waals surface area (Å²) in [6, 6.07) is 18.0. The Morgan fingerprint density at radius 3 is 2.31 bits per heavy atom. The van der Waals surface area contributed by atoms with Crippen LogP contribution in [0.1, 0.15) is 56.1 Å². The molecule has 0 spiro atoms. The molecule has 1 saturated heterocycles. The summed E-state index contributed by atoms with van der Waals surface area (Å²) in [6.07, 6.45) is 1.18. The van der Waals surface area contributed by atoms with Gasteiger partial charge in [-0.3, -0.25) is 4.90 Å². The van der Waals surface area contributed by atoms with E-state index in [4.69, 9.17) is 4.98 Å². The highest BCUT2D eigenvalue weighted by atomic mass is 15.3. The second kappa shape index (κ2) is 8.68. The lowest BCUT2D eigenvalue weighted by molar-refractivity contribution is 0.114. The molecule has 3 aromatic rings. The number of hydrogen-bond acceptors (Lipinski definition) is 3. The largest absolute Gasteiger partial charge is 0.322 e. The van der Waals surface area contributed by atoms with Crippen molar-refractivity contribution in [3.8, 4) is 0 Å². The Kier molecular flexibility index (Phi) is 6.02. The molecule has 1 aromatic heterocycles. The topological polar surface area (TPSA) is 24.3 Å². The molecule has 0 aliphatic carbocycles. The maximum Gasteiger partial charge on any atom is 0.127 e. The number of nitrogens with zero attached hydrogens (tertiary/aromatic N) is 4. The lowest BCUT2D eigenvalue weighted by Gasteiger charge is -2.36. The number of hydrogen-bond donors (Lipinski definition) is 0. The van der Waals surface area contributed by atoms with Crippen molar-refractivity contribution < 1.29 is 0 Å². The van der Waals surface area contributed by atoms with Crippen molar-refractivity contribution in [1.82, 2.24) is 19.4 Å². The molecule has 0 bridgehead atoms. The van der Waals surface area contributed by atoms with Gasteiger partial charge in [-0.25, -0.2) is 4.98 Å². The van der Waals surface area contributed by atoms with Gasteiger partial charge in [0.15, 0.2) is 0 Å². The summed E-state index contributed by atoms with van der Waals surface area (Å²) < 4.78 is 2.43. The molecule has 2 heterocycles. The molecule has 0 N–H and O–H groups in total. The predicted octanol–water partition coefficient (Wildman–Crippen LogP) is 4.91. The van der Waals surface area contributed by atoms with Crippen molar-refractivity contribution in [1.29, 1.82) is 0 Å². The number of benzene rings is 2. The summed E-state index contributed by atoms with van der Waals surface area (Å²) in [7, 11) is 2.21. The average Bonchev–Trinajstić information content (AvgIpc) is 3.12. The molecular weight excluding hydrogens is 356 g/mol. The molecule has 2 atom stereocenters. The number of imidazole rings is 1. The normalized spacial score (nSPS) is 18.2. The minimum absolute atomic E-state index is 0.315. The van der Waals surface area contributed by atoms with E-state index in [0.29, 0.717) is 12.0 Å². The van der Waals surface area contributed by atoms with Crippen LogP contribution in [0.3, 0.4) is 0 Å². The van der Waals surface area contributed by atoms with Crippen LogP contribution < -0.4 is 0 Å². The fraction of sp³-hybridized carbons (Fsp3) is 0.480. The third-order valence-electron chi connectivity index (χ3n) is 6.65. The number of fused-ring (bicyclic) bond motifs is 1. The van der Waals surface area contributed by atoms with Gasteiger partial charge < -0.3 is 9.47 Å². The molecular formula is C25H34N4. The molecule has 4 rings (SSSR count). The van der Waals surface area contributed by atoms with Crippen molar-refractivity contribution in [2.24, 2.45) is 0 Å². The van der Waals surface area contributed by atoms with Crippen LogP contribution >= 0.6 is 0 Å². The van der Waals surface area contributed by atoms with Crippen LogP contribution in [0.2, 0.25) is 0 Å². The summed E-state index contributed by atoms with van der Waals surface area (Å²) in [5.74, 6) is 1.80. The van der Waals surface area contributed by atoms with E-state index in [0.717, 1.165) is 38.2 Å². The molecule has 29 heavy (non-hydrogen) atoms. The quantitative estimate of drug-likeness (QED) is 0.598. The molecule has 2 aromatic carbocycles. The zero-order chi connectivity index (χ0) is 20.4. The SMILES string of the molecule is CCC(C)c1ccc(Cn2c(C(C)N3CCN(C)CC3)nc3ccccc32)cc1. The number of piperazine rings is 1. The molecule has 0 radical (unpaired) electrons. The third kappa shape index (κ3) is 4.24. The Labute approximate surface area is 175 Å². The van der Waals surface area contributed by atoms with Gasteiger partial charge in [0.05, 0.1) is 17.1 Å². The third-order valence-corrected chi connectivity index (χ3v) is 6.65. The molecule has 2 unspecified atom stereocenters. The number of para-hydroxylation sites is 2. The fourth-order valence-corrected chi connectivity index (χ4v) is 4.32. The fourth-order valence-electron chi connectivity index (χ4n) is 4.32. The first-order chi connectivity index (χ1) is 14.1. The molecule has 4 heteroatoms. The van der Waals surface area contributed by atoms with Crippen LogP contribution in [0.25, 0.3) is 11.0 Å². The van der Waals surface area contributed by atoms with Crippen LogP contribution in [-0.2, 0) is 6.54 Å². The van der Waals surface area contributed by atoms with Crippen LogP contribution in [0.4, 0.5) is 0 Å². The maximum atomic E-state index is 5.07. The van der Waals surface area contributed by atoms with E-state index in [1.165, 1.54) is 28.9 Å². The van der Waals surface area contributed by atoms with E-state index in [2.05, 4.69) is 90.7 Å². The van der Waals surface area contributed by atoms with Crippen molar-refractivity contribution in [3.63, 3.8) is 0 Å². The first-order valence-electron chi connectivity index (χ1n) is 11.0. The first-order valence-corrected chi connectivity index (χ1v) is 11.0. The molecule has 1 aliphatic rings. The predicted molar refractivity (Wildman–Crippen MR) is 121 cm³/mol. The molecule has 154 valence electrons. The van der Waals surface area contributed by atoms with E-state index in [1.807, 2.05) is 0 Å². The summed E-state index contributed by atoms with van der Waals surface area (Å²) in [4.78, 5) is 10.1. The van der Waals surface area contributed by atoms with Gasteiger partial charge in [-0.15, -0.1) is 0 Å². The summed E-state index contributed by atoms with van der Waals surface area (Å²) >= 11 is 0. The van der Waals surface area contributed by atoms with Crippen LogP contribution in [0, 0.1) is 0 Å². The molecule has 1 aliphatic heterocycles. The van der Waals surface area contributed by atoms with Gasteiger partial charge in [0.2, 0.25) is 0 Å². The van der Waals surface area contributed by atoms with Crippen molar-refractivity contribution in [2.75, 3.05) is 33.2 Å². The van der Waals surface area contributed by atoms with Crippen molar-refractivity contribution >= 4 is 11.0 Å². The lowest BCUT2D eigenvalue weighted by Crippen LogP contribution is -2.45. The Morgan fingerprint density at radius 2 is 1.62 bits per heavy atom. The highest BCUT2D eigenvalue weighted by Crippen LogP contribution is 2.27. The van der Waals surface area contributed by atoms with E-state index in [9.17, 15) is 0 Å². The minimum Gasteiger partial charge on any atom is -0.322 e. The van der Waals surface area contributed by atoms with E-state index in [1.54, 1.807) is 0 Å². The zero-order valence-electron chi connectivity index (χ0n) is 18.3. The summed E-state index contributed by atoms with van der Waals surface area (Å²) in [5, 5.41) is 0. The number of rotatable bonds is 6. The molecule has 1 fully saturated rings. The van der Waals surface area contributed by atoms with Crippen LogP contribution in [-0.4, -0.2) is 52.6 Å². The zero-order valence-corrected chi connectivity index (χ0v) is 18.3. The van der Waals surface area contributed by atoms with Gasteiger partial charge in [0, 0.05) is 32.7 Å². The van der Waals surface area contributed by atoms with E-state index >= 15 is 0 Å². The number of likely N-dealkylation sites (N-methyl/N-ethyl adjacent to an activating group) is 1. The minimum atomic E-state index is 0.315. The van der Waals surface area contributed by atoms with Gasteiger partial charge in [-0.2, -0.15) is 0 Å². The lowest BCUT2D eigenvalue weighted by atomic mass is 9.97. The Bertz CT molecular complexity index is 935. The van der Waals surface area contributed by atoms with Gasteiger partial charge in [-0.05, 0) is 49.6 Å². The standard InChI is InChI=1S/C25H34N4/c1-5-19(2)22-12-10-21(11-13-22)18-29-24-9-7-6-8-23(24)26-25(29)20(3)28-16-14-27(4)15-17-28/h6-13,19-20H,5,14-18H2,1-4H3. The van der Waals surface area contributed by atoms with E-state index < -0.39 is 0 Å². The van der Waals surface area contributed by atoms with Crippen molar-refractivity contribution in [2.45, 2.75) is 45.7 Å². The van der Waals surface area contributed by atoms with Gasteiger partial charge in [0.1, 0.15) is 5.82 Å². The second-order valence-corrected chi connectivity index (χ2v) is 8.61. The Morgan fingerprint density at radius 1 is 0.931 bits per heavy atom. The van der Waals surface area contributed by atoms with Crippen molar-refractivity contribution in [3.05, 3.63) is 65.5 Å². The highest BCUT2D eigenvalue weighted by molar-refractivity contribution is 5.76. The smallest absolute Gasteiger partial charge is 0.127 e. The van der Waals surface area contributed by atoms with E-state index in [-0.39, 0.29) is 0 Å². The maximum absolute atomic E-state index is 5.07. The number of aromatic nitrogens is 2. The molecule has 0 amide bonds.